The first kappa shape index (κ1) is 22.3. The summed E-state index contributed by atoms with van der Waals surface area (Å²) >= 11 is 1.43. The summed E-state index contributed by atoms with van der Waals surface area (Å²) in [6.45, 7) is 0. The van der Waals surface area contributed by atoms with Crippen LogP contribution in [0.15, 0.2) is 36.1 Å². The first-order valence-corrected chi connectivity index (χ1v) is 12.0. The Balaban J connectivity index is 1.21. The van der Waals surface area contributed by atoms with E-state index in [1.54, 1.807) is 24.7 Å². The van der Waals surface area contributed by atoms with Gasteiger partial charge >= 0.3 is 12.0 Å². The lowest BCUT2D eigenvalue weighted by molar-refractivity contribution is -0.138. The SMILES string of the molecule is O=C(O)CC1CCC(Oc2ncc(C3=CC=C(c4n[nH]c(-c5nccs5)n4)C(F)C3)cn2)CC1. The van der Waals surface area contributed by atoms with Crippen LogP contribution in [0.2, 0.25) is 0 Å². The second-order valence-electron chi connectivity index (χ2n) is 8.44. The van der Waals surface area contributed by atoms with Crippen molar-refractivity contribution in [1.29, 1.82) is 0 Å². The number of aliphatic carboxylic acids is 1. The van der Waals surface area contributed by atoms with Crippen LogP contribution in [0.25, 0.3) is 22.0 Å². The largest absolute Gasteiger partial charge is 0.481 e. The molecule has 9 nitrogen and oxygen atoms in total. The van der Waals surface area contributed by atoms with E-state index in [0.29, 0.717) is 22.2 Å². The van der Waals surface area contributed by atoms with Crippen LogP contribution in [0, 0.1) is 5.92 Å². The average Bonchev–Trinajstić information content (AvgIpc) is 3.53. The summed E-state index contributed by atoms with van der Waals surface area (Å²) in [4.78, 5) is 28.0. The van der Waals surface area contributed by atoms with E-state index in [9.17, 15) is 4.79 Å². The van der Waals surface area contributed by atoms with Gasteiger partial charge in [-0.15, -0.1) is 11.3 Å². The molecule has 3 heterocycles. The highest BCUT2D eigenvalue weighted by molar-refractivity contribution is 7.13. The maximum Gasteiger partial charge on any atom is 0.316 e. The molecule has 0 aromatic carbocycles. The number of allylic oxidation sites excluding steroid dienone is 4. The number of nitrogens with one attached hydrogen (secondary N) is 1. The molecule has 3 aromatic rings. The number of hydrogen-bond acceptors (Lipinski definition) is 8. The van der Waals surface area contributed by atoms with Crippen LogP contribution in [0.5, 0.6) is 6.01 Å². The minimum Gasteiger partial charge on any atom is -0.481 e. The number of aromatic amines is 1. The molecule has 2 aliphatic carbocycles. The van der Waals surface area contributed by atoms with Crippen molar-refractivity contribution in [3.05, 3.63) is 47.5 Å². The minimum absolute atomic E-state index is 0.0128. The molecule has 1 unspecified atom stereocenters. The molecule has 1 atom stereocenters. The van der Waals surface area contributed by atoms with E-state index in [2.05, 4.69) is 30.1 Å². The molecule has 0 amide bonds. The van der Waals surface area contributed by atoms with E-state index in [0.717, 1.165) is 36.8 Å². The molecule has 1 fully saturated rings. The number of alkyl halides is 1. The van der Waals surface area contributed by atoms with Crippen LogP contribution in [0.1, 0.15) is 49.9 Å². The Morgan fingerprint density at radius 2 is 1.97 bits per heavy atom. The Morgan fingerprint density at radius 1 is 1.18 bits per heavy atom. The molecule has 2 N–H and O–H groups in total. The number of nitrogens with zero attached hydrogens (tertiary/aromatic N) is 5. The monoisotopic (exact) mass is 482 g/mol. The molecular formula is C23H23FN6O3S. The van der Waals surface area contributed by atoms with Gasteiger partial charge < -0.3 is 9.84 Å². The van der Waals surface area contributed by atoms with Crippen LogP contribution >= 0.6 is 11.3 Å². The van der Waals surface area contributed by atoms with E-state index in [-0.39, 0.29) is 30.9 Å². The van der Waals surface area contributed by atoms with Crippen molar-refractivity contribution in [2.45, 2.75) is 50.8 Å². The number of carboxylic acid groups (broad SMARTS) is 1. The fourth-order valence-corrected chi connectivity index (χ4v) is 4.89. The Labute approximate surface area is 198 Å². The van der Waals surface area contributed by atoms with Gasteiger partial charge in [-0.25, -0.2) is 24.3 Å². The van der Waals surface area contributed by atoms with Crippen LogP contribution in [-0.4, -0.2) is 53.5 Å². The van der Waals surface area contributed by atoms with Crippen molar-refractivity contribution in [2.75, 3.05) is 0 Å². The third kappa shape index (κ3) is 5.04. The van der Waals surface area contributed by atoms with Gasteiger partial charge in [0.2, 0.25) is 0 Å². The lowest BCUT2D eigenvalue weighted by Crippen LogP contribution is -2.26. The Morgan fingerprint density at radius 3 is 2.65 bits per heavy atom. The quantitative estimate of drug-likeness (QED) is 0.509. The second-order valence-corrected chi connectivity index (χ2v) is 9.34. The minimum atomic E-state index is -1.25. The molecule has 34 heavy (non-hydrogen) atoms. The van der Waals surface area contributed by atoms with Gasteiger partial charge in [-0.3, -0.25) is 9.89 Å². The molecule has 3 aromatic heterocycles. The fraction of sp³-hybridized carbons (Fsp3) is 0.391. The van der Waals surface area contributed by atoms with Crippen LogP contribution in [0.3, 0.4) is 0 Å². The van der Waals surface area contributed by atoms with Crippen molar-refractivity contribution in [3.63, 3.8) is 0 Å². The van der Waals surface area contributed by atoms with Gasteiger partial charge in [-0.1, -0.05) is 12.2 Å². The van der Waals surface area contributed by atoms with Crippen molar-refractivity contribution in [1.82, 2.24) is 30.1 Å². The highest BCUT2D eigenvalue weighted by Crippen LogP contribution is 2.34. The van der Waals surface area contributed by atoms with Crippen LogP contribution < -0.4 is 4.74 Å². The number of rotatable bonds is 7. The molecule has 176 valence electrons. The van der Waals surface area contributed by atoms with E-state index in [4.69, 9.17) is 9.84 Å². The van der Waals surface area contributed by atoms with Crippen LogP contribution in [0.4, 0.5) is 4.39 Å². The number of carbonyl (C=O) groups is 1. The zero-order chi connectivity index (χ0) is 23.5. The fourth-order valence-electron chi connectivity index (χ4n) is 4.31. The lowest BCUT2D eigenvalue weighted by Gasteiger charge is -2.27. The maximum absolute atomic E-state index is 15.0. The van der Waals surface area contributed by atoms with Crippen molar-refractivity contribution >= 4 is 28.5 Å². The molecule has 1 saturated carbocycles. The molecule has 2 aliphatic rings. The number of carboxylic acids is 1. The number of ether oxygens (including phenoxy) is 1. The topological polar surface area (TPSA) is 127 Å². The number of halogens is 1. The maximum atomic E-state index is 15.0. The predicted octanol–water partition coefficient (Wildman–Crippen LogP) is 4.34. The summed E-state index contributed by atoms with van der Waals surface area (Å²) in [7, 11) is 0. The van der Waals surface area contributed by atoms with Crippen molar-refractivity contribution in [2.24, 2.45) is 5.92 Å². The third-order valence-electron chi connectivity index (χ3n) is 6.11. The summed E-state index contributed by atoms with van der Waals surface area (Å²) in [5, 5.41) is 18.4. The molecule has 11 heteroatoms. The number of aromatic nitrogens is 6. The van der Waals surface area contributed by atoms with E-state index >= 15 is 4.39 Å². The molecule has 0 saturated heterocycles. The van der Waals surface area contributed by atoms with Gasteiger partial charge in [0.15, 0.2) is 16.7 Å². The molecular weight excluding hydrogens is 459 g/mol. The summed E-state index contributed by atoms with van der Waals surface area (Å²) < 4.78 is 20.9. The van der Waals surface area contributed by atoms with Gasteiger partial charge in [0.1, 0.15) is 12.3 Å². The summed E-state index contributed by atoms with van der Waals surface area (Å²) in [5.74, 6) is 0.304. The van der Waals surface area contributed by atoms with Gasteiger partial charge in [0, 0.05) is 47.9 Å². The van der Waals surface area contributed by atoms with Gasteiger partial charge in [0.25, 0.3) is 0 Å². The van der Waals surface area contributed by atoms with Crippen molar-refractivity contribution < 1.29 is 19.0 Å². The number of thiazole rings is 1. The van der Waals surface area contributed by atoms with Crippen LogP contribution in [-0.2, 0) is 4.79 Å². The predicted molar refractivity (Wildman–Crippen MR) is 124 cm³/mol. The van der Waals surface area contributed by atoms with E-state index in [1.165, 1.54) is 11.3 Å². The highest BCUT2D eigenvalue weighted by Gasteiger charge is 2.26. The Bertz CT molecular complexity index is 1200. The smallest absolute Gasteiger partial charge is 0.316 e. The molecule has 0 bridgehead atoms. The van der Waals surface area contributed by atoms with E-state index in [1.807, 2.05) is 11.5 Å². The van der Waals surface area contributed by atoms with Gasteiger partial charge in [0.05, 0.1) is 0 Å². The number of hydrogen-bond donors (Lipinski definition) is 2. The van der Waals surface area contributed by atoms with Gasteiger partial charge in [-0.2, -0.15) is 5.10 Å². The molecule has 0 spiro atoms. The highest BCUT2D eigenvalue weighted by atomic mass is 32.1. The van der Waals surface area contributed by atoms with E-state index < -0.39 is 12.1 Å². The summed E-state index contributed by atoms with van der Waals surface area (Å²) in [6, 6.07) is 0.283. The Hall–Kier alpha value is -3.47. The van der Waals surface area contributed by atoms with Gasteiger partial charge in [-0.05, 0) is 37.2 Å². The Kier molecular flexibility index (Phi) is 6.43. The zero-order valence-corrected chi connectivity index (χ0v) is 19.0. The average molecular weight is 483 g/mol. The van der Waals surface area contributed by atoms with Crippen molar-refractivity contribution in [3.8, 4) is 16.8 Å². The number of H-pyrrole nitrogens is 1. The second kappa shape index (κ2) is 9.80. The zero-order valence-electron chi connectivity index (χ0n) is 18.2. The summed E-state index contributed by atoms with van der Waals surface area (Å²) in [6.07, 6.45) is 10.8. The lowest BCUT2D eigenvalue weighted by atomic mass is 9.85. The molecule has 0 aliphatic heterocycles. The molecule has 0 radical (unpaired) electrons. The summed E-state index contributed by atoms with van der Waals surface area (Å²) in [5.41, 5.74) is 1.93. The first-order chi connectivity index (χ1) is 16.5. The first-order valence-electron chi connectivity index (χ1n) is 11.1. The standard InChI is InChI=1S/C23H23FN6O3S/c24-18-10-14(3-6-17(18)20-28-21(30-29-20)22-25-7-8-34-22)15-11-26-23(27-12-15)33-16-4-1-13(2-5-16)9-19(31)32/h3,6-8,11-13,16,18H,1-2,4-5,9-10H2,(H,31,32)(H,28,29,30). The third-order valence-corrected chi connectivity index (χ3v) is 6.89. The normalized spacial score (nSPS) is 22.7. The molecule has 5 rings (SSSR count).